The average Bonchev–Trinajstić information content (AvgIpc) is 2.96. The van der Waals surface area contributed by atoms with Crippen LogP contribution in [0.4, 0.5) is 5.82 Å². The number of aromatic nitrogens is 2. The number of hydrogen-bond donors (Lipinski definition) is 2. The van der Waals surface area contributed by atoms with Gasteiger partial charge >= 0.3 is 0 Å². The van der Waals surface area contributed by atoms with Gasteiger partial charge in [-0.25, -0.2) is 4.98 Å². The van der Waals surface area contributed by atoms with Crippen LogP contribution in [0.2, 0.25) is 0 Å². The number of nitrogens with one attached hydrogen (secondary N) is 2. The molecule has 2 aromatic rings. The van der Waals surface area contributed by atoms with Crippen molar-refractivity contribution in [2.45, 2.75) is 84.5 Å². The van der Waals surface area contributed by atoms with E-state index >= 15 is 0 Å². The van der Waals surface area contributed by atoms with Crippen molar-refractivity contribution in [3.05, 3.63) is 44.7 Å². The predicted octanol–water partition coefficient (Wildman–Crippen LogP) is 4.33. The number of fused-ring (bicyclic) bond motifs is 1. The molecule has 0 unspecified atom stereocenters. The fourth-order valence-electron chi connectivity index (χ4n) is 5.17. The van der Waals surface area contributed by atoms with E-state index in [1.165, 1.54) is 11.8 Å². The Labute approximate surface area is 210 Å². The van der Waals surface area contributed by atoms with Crippen molar-refractivity contribution in [3.63, 3.8) is 0 Å². The van der Waals surface area contributed by atoms with Gasteiger partial charge in [-0.2, -0.15) is 0 Å². The van der Waals surface area contributed by atoms with E-state index in [1.807, 2.05) is 32.9 Å². The van der Waals surface area contributed by atoms with Crippen LogP contribution in [-0.4, -0.2) is 47.7 Å². The number of piperidine rings is 1. The highest BCUT2D eigenvalue weighted by molar-refractivity contribution is 8.26. The lowest BCUT2D eigenvalue weighted by Gasteiger charge is -2.46. The Balaban J connectivity index is 1.83. The maximum absolute atomic E-state index is 13.6. The molecule has 4 rings (SSSR count). The second kappa shape index (κ2) is 8.77. The number of nitrogens with zero attached hydrogens (tertiary/aromatic N) is 3. The number of carbonyl (C=O) groups excluding carboxylic acids is 1. The van der Waals surface area contributed by atoms with E-state index in [9.17, 15) is 9.59 Å². The molecule has 2 aliphatic heterocycles. The van der Waals surface area contributed by atoms with E-state index in [0.29, 0.717) is 26.3 Å². The van der Waals surface area contributed by atoms with Crippen molar-refractivity contribution >= 4 is 51.7 Å². The largest absolute Gasteiger partial charge is 0.366 e. The smallest absolute Gasteiger partial charge is 0.267 e. The van der Waals surface area contributed by atoms with E-state index in [0.717, 1.165) is 18.4 Å². The van der Waals surface area contributed by atoms with Crippen molar-refractivity contribution in [1.82, 2.24) is 19.6 Å². The third-order valence-electron chi connectivity index (χ3n) is 6.15. The van der Waals surface area contributed by atoms with Crippen molar-refractivity contribution in [3.8, 4) is 0 Å². The second-order valence-electron chi connectivity index (χ2n) is 10.9. The molecule has 0 saturated carbocycles. The van der Waals surface area contributed by atoms with E-state index in [2.05, 4.69) is 38.3 Å². The molecule has 1 amide bonds. The third-order valence-corrected chi connectivity index (χ3v) is 7.48. The quantitative estimate of drug-likeness (QED) is 0.479. The SMILES string of the molecule is Cc1ccc2nc(NC3CC(C)(C)NC(C)(C)C3)c(/C=C3/SC(=S)N(C(C)C)C3=O)c(=O)n2c1. The van der Waals surface area contributed by atoms with Crippen molar-refractivity contribution in [1.29, 1.82) is 0 Å². The molecule has 7 nitrogen and oxygen atoms in total. The first-order valence-corrected chi connectivity index (χ1v) is 12.8. The van der Waals surface area contributed by atoms with Gasteiger partial charge in [-0.3, -0.25) is 18.9 Å². The Morgan fingerprint density at radius 3 is 2.44 bits per heavy atom. The average molecular weight is 500 g/mol. The summed E-state index contributed by atoms with van der Waals surface area (Å²) in [5.74, 6) is 0.330. The number of amides is 1. The Morgan fingerprint density at radius 1 is 1.21 bits per heavy atom. The fourth-order valence-corrected chi connectivity index (χ4v) is 6.68. The third kappa shape index (κ3) is 4.92. The first kappa shape index (κ1) is 24.9. The number of thiocarbonyl (C=S) groups is 1. The Bertz CT molecular complexity index is 1250. The van der Waals surface area contributed by atoms with Crippen LogP contribution in [0.15, 0.2) is 28.0 Å². The molecule has 0 aromatic carbocycles. The van der Waals surface area contributed by atoms with Crippen LogP contribution in [-0.2, 0) is 4.79 Å². The topological polar surface area (TPSA) is 78.7 Å². The van der Waals surface area contributed by atoms with E-state index in [-0.39, 0.29) is 34.6 Å². The number of pyridine rings is 1. The molecule has 2 N–H and O–H groups in total. The monoisotopic (exact) mass is 499 g/mol. The van der Waals surface area contributed by atoms with Gasteiger partial charge in [0.05, 0.1) is 10.5 Å². The molecule has 0 spiro atoms. The van der Waals surface area contributed by atoms with Gasteiger partial charge in [0.25, 0.3) is 11.5 Å². The lowest BCUT2D eigenvalue weighted by molar-refractivity contribution is -0.123. The first-order valence-electron chi connectivity index (χ1n) is 11.6. The number of hydrogen-bond acceptors (Lipinski definition) is 7. The van der Waals surface area contributed by atoms with Gasteiger partial charge in [0, 0.05) is 29.4 Å². The van der Waals surface area contributed by atoms with Gasteiger partial charge in [-0.05, 0) is 79.0 Å². The number of rotatable bonds is 4. The molecular formula is C25H33N5O2S2. The normalized spacial score (nSPS) is 21.8. The summed E-state index contributed by atoms with van der Waals surface area (Å²) in [4.78, 5) is 33.6. The van der Waals surface area contributed by atoms with Gasteiger partial charge in [0.15, 0.2) is 0 Å². The molecule has 34 heavy (non-hydrogen) atoms. The second-order valence-corrected chi connectivity index (χ2v) is 12.6. The Morgan fingerprint density at radius 2 is 1.85 bits per heavy atom. The molecule has 9 heteroatoms. The maximum Gasteiger partial charge on any atom is 0.267 e. The van der Waals surface area contributed by atoms with Crippen molar-refractivity contribution in [2.24, 2.45) is 0 Å². The highest BCUT2D eigenvalue weighted by Crippen LogP contribution is 2.35. The molecule has 2 saturated heterocycles. The number of aryl methyl sites for hydroxylation is 1. The molecule has 0 radical (unpaired) electrons. The number of thioether (sulfide) groups is 1. The summed E-state index contributed by atoms with van der Waals surface area (Å²) in [5, 5.41) is 7.25. The molecule has 2 fully saturated rings. The first-order chi connectivity index (χ1) is 15.8. The minimum Gasteiger partial charge on any atom is -0.366 e. The summed E-state index contributed by atoms with van der Waals surface area (Å²) < 4.78 is 2.05. The Hall–Kier alpha value is -2.23. The summed E-state index contributed by atoms with van der Waals surface area (Å²) >= 11 is 6.67. The maximum atomic E-state index is 13.6. The number of carbonyl (C=O) groups is 1. The predicted molar refractivity (Wildman–Crippen MR) is 144 cm³/mol. The highest BCUT2D eigenvalue weighted by atomic mass is 32.2. The molecule has 4 heterocycles. The lowest BCUT2D eigenvalue weighted by Crippen LogP contribution is -2.60. The number of anilines is 1. The molecule has 0 atom stereocenters. The molecular weight excluding hydrogens is 466 g/mol. The zero-order valence-electron chi connectivity index (χ0n) is 20.9. The minimum absolute atomic E-state index is 0.0475. The minimum atomic E-state index is -0.210. The van der Waals surface area contributed by atoms with Crippen molar-refractivity contribution in [2.75, 3.05) is 5.32 Å². The molecule has 0 bridgehead atoms. The van der Waals surface area contributed by atoms with Crippen LogP contribution in [0.25, 0.3) is 11.7 Å². The highest BCUT2D eigenvalue weighted by Gasteiger charge is 2.38. The van der Waals surface area contributed by atoms with Gasteiger partial charge in [0.1, 0.15) is 15.8 Å². The van der Waals surface area contributed by atoms with Gasteiger partial charge in [-0.15, -0.1) is 0 Å². The van der Waals surface area contributed by atoms with Gasteiger partial charge in [0.2, 0.25) is 0 Å². The van der Waals surface area contributed by atoms with Crippen LogP contribution in [0.1, 0.15) is 65.5 Å². The van der Waals surface area contributed by atoms with Gasteiger partial charge in [-0.1, -0.05) is 30.0 Å². The van der Waals surface area contributed by atoms with Crippen molar-refractivity contribution < 1.29 is 4.79 Å². The summed E-state index contributed by atoms with van der Waals surface area (Å²) in [6.07, 6.45) is 5.19. The van der Waals surface area contributed by atoms with Crippen LogP contribution >= 0.6 is 24.0 Å². The zero-order chi connectivity index (χ0) is 25.0. The van der Waals surface area contributed by atoms with Crippen LogP contribution in [0, 0.1) is 6.92 Å². The van der Waals surface area contributed by atoms with Gasteiger partial charge < -0.3 is 10.6 Å². The molecule has 182 valence electrons. The summed E-state index contributed by atoms with van der Waals surface area (Å²) in [7, 11) is 0. The van der Waals surface area contributed by atoms with Crippen LogP contribution < -0.4 is 16.2 Å². The zero-order valence-corrected chi connectivity index (χ0v) is 22.5. The molecule has 0 aliphatic carbocycles. The van der Waals surface area contributed by atoms with E-state index in [4.69, 9.17) is 17.2 Å². The van der Waals surface area contributed by atoms with Crippen LogP contribution in [0.3, 0.4) is 0 Å². The summed E-state index contributed by atoms with van der Waals surface area (Å²) in [6.45, 7) is 14.5. The van der Waals surface area contributed by atoms with E-state index < -0.39 is 0 Å². The standard InChI is InChI=1S/C25H33N5O2S2/c1-14(2)30-22(32)18(34-23(30)33)10-17-20(26-16-11-24(4,5)28-25(6,7)12-16)27-19-9-8-15(3)13-29(19)21(17)31/h8-10,13-14,16,26,28H,11-12H2,1-7H3/b18-10+. The summed E-state index contributed by atoms with van der Waals surface area (Å²) in [6, 6.07) is 3.85. The molecule has 2 aromatic heterocycles. The Kier molecular flexibility index (Phi) is 6.42. The van der Waals surface area contributed by atoms with Crippen LogP contribution in [0.5, 0.6) is 0 Å². The fraction of sp³-hybridized carbons (Fsp3) is 0.520. The summed E-state index contributed by atoms with van der Waals surface area (Å²) in [5.41, 5.74) is 1.55. The van der Waals surface area contributed by atoms with E-state index in [1.54, 1.807) is 21.6 Å². The lowest BCUT2D eigenvalue weighted by atomic mass is 9.79. The molecule has 2 aliphatic rings.